The van der Waals surface area contributed by atoms with Crippen LogP contribution in [0.3, 0.4) is 0 Å². The minimum atomic E-state index is 0.0556. The molecule has 1 aromatic heterocycles. The van der Waals surface area contributed by atoms with Crippen molar-refractivity contribution in [3.8, 4) is 0 Å². The van der Waals surface area contributed by atoms with Crippen LogP contribution in [-0.2, 0) is 11.3 Å². The number of unbranched alkanes of at least 4 members (excludes halogenated alkanes) is 3. The Morgan fingerprint density at radius 1 is 1.42 bits per heavy atom. The average Bonchev–Trinajstić information content (AvgIpc) is 3.08. The third-order valence-corrected chi connectivity index (χ3v) is 3.24. The van der Waals surface area contributed by atoms with Crippen LogP contribution in [0, 0.1) is 0 Å². The zero-order valence-electron chi connectivity index (χ0n) is 11.7. The molecule has 0 unspecified atom stereocenters. The molecule has 0 bridgehead atoms. The van der Waals surface area contributed by atoms with Crippen LogP contribution in [0.4, 0.5) is 5.69 Å². The standard InChI is InChI=1S/C14H24N4O/c1-2-3-4-5-8-15-13-9-16-18(10-13)11-14(19)17-12-6-7-12/h9-10,12,15H,2-8,11H2,1H3,(H,17,19). The predicted molar refractivity (Wildman–Crippen MR) is 76.0 cm³/mol. The van der Waals surface area contributed by atoms with Gasteiger partial charge in [-0.15, -0.1) is 0 Å². The van der Waals surface area contributed by atoms with Gasteiger partial charge in [-0.2, -0.15) is 5.10 Å². The fraction of sp³-hybridized carbons (Fsp3) is 0.714. The van der Waals surface area contributed by atoms with Crippen LogP contribution in [0.1, 0.15) is 45.4 Å². The second-order valence-electron chi connectivity index (χ2n) is 5.26. The maximum absolute atomic E-state index is 11.6. The first-order valence-electron chi connectivity index (χ1n) is 7.33. The van der Waals surface area contributed by atoms with Crippen LogP contribution >= 0.6 is 0 Å². The Morgan fingerprint density at radius 3 is 3.00 bits per heavy atom. The summed E-state index contributed by atoms with van der Waals surface area (Å²) in [7, 11) is 0. The first kappa shape index (κ1) is 13.9. The Labute approximate surface area is 114 Å². The first-order chi connectivity index (χ1) is 9.28. The predicted octanol–water partition coefficient (Wildman–Crippen LogP) is 2.15. The van der Waals surface area contributed by atoms with Crippen LogP contribution in [-0.4, -0.2) is 28.3 Å². The molecule has 0 aliphatic heterocycles. The van der Waals surface area contributed by atoms with Crippen molar-refractivity contribution in [2.45, 2.75) is 58.0 Å². The molecule has 1 aromatic rings. The summed E-state index contributed by atoms with van der Waals surface area (Å²) in [5, 5.41) is 10.5. The molecule has 5 heteroatoms. The Morgan fingerprint density at radius 2 is 2.26 bits per heavy atom. The Balaban J connectivity index is 1.64. The van der Waals surface area contributed by atoms with Gasteiger partial charge >= 0.3 is 0 Å². The van der Waals surface area contributed by atoms with Crippen molar-refractivity contribution < 1.29 is 4.79 Å². The minimum Gasteiger partial charge on any atom is -0.383 e. The van der Waals surface area contributed by atoms with E-state index in [1.807, 2.05) is 6.20 Å². The number of amides is 1. The zero-order valence-corrected chi connectivity index (χ0v) is 11.7. The molecular formula is C14H24N4O. The van der Waals surface area contributed by atoms with E-state index < -0.39 is 0 Å². The summed E-state index contributed by atoms with van der Waals surface area (Å²) < 4.78 is 1.69. The van der Waals surface area contributed by atoms with Crippen molar-refractivity contribution in [3.63, 3.8) is 0 Å². The summed E-state index contributed by atoms with van der Waals surface area (Å²) in [6, 6.07) is 0.416. The van der Waals surface area contributed by atoms with Crippen molar-refractivity contribution >= 4 is 11.6 Å². The normalized spacial score (nSPS) is 14.4. The van der Waals surface area contributed by atoms with Gasteiger partial charge < -0.3 is 10.6 Å². The third kappa shape index (κ3) is 5.32. The van der Waals surface area contributed by atoms with Crippen LogP contribution in [0.2, 0.25) is 0 Å². The quantitative estimate of drug-likeness (QED) is 0.672. The number of rotatable bonds is 9. The number of nitrogens with zero attached hydrogens (tertiary/aromatic N) is 2. The van der Waals surface area contributed by atoms with Gasteiger partial charge in [0.1, 0.15) is 6.54 Å². The molecule has 1 saturated carbocycles. The summed E-state index contributed by atoms with van der Waals surface area (Å²) in [6.07, 6.45) is 10.9. The van der Waals surface area contributed by atoms with Gasteiger partial charge in [0, 0.05) is 18.8 Å². The van der Waals surface area contributed by atoms with E-state index in [2.05, 4.69) is 22.7 Å². The number of hydrogen-bond donors (Lipinski definition) is 2. The summed E-state index contributed by atoms with van der Waals surface area (Å²) >= 11 is 0. The molecule has 1 aliphatic carbocycles. The first-order valence-corrected chi connectivity index (χ1v) is 7.33. The van der Waals surface area contributed by atoms with Crippen LogP contribution < -0.4 is 10.6 Å². The van der Waals surface area contributed by atoms with Crippen molar-refractivity contribution in [1.29, 1.82) is 0 Å². The Bertz CT molecular complexity index is 398. The molecule has 0 radical (unpaired) electrons. The summed E-state index contributed by atoms with van der Waals surface area (Å²) in [4.78, 5) is 11.6. The lowest BCUT2D eigenvalue weighted by atomic mass is 10.2. The number of nitrogens with one attached hydrogen (secondary N) is 2. The molecule has 0 aromatic carbocycles. The van der Waals surface area contributed by atoms with E-state index >= 15 is 0 Å². The summed E-state index contributed by atoms with van der Waals surface area (Å²) in [6.45, 7) is 3.50. The average molecular weight is 264 g/mol. The van der Waals surface area contributed by atoms with Crippen molar-refractivity contribution in [2.24, 2.45) is 0 Å². The van der Waals surface area contributed by atoms with Gasteiger partial charge in [0.15, 0.2) is 0 Å². The molecule has 19 heavy (non-hydrogen) atoms. The summed E-state index contributed by atoms with van der Waals surface area (Å²) in [5.41, 5.74) is 0.996. The maximum Gasteiger partial charge on any atom is 0.241 e. The van der Waals surface area contributed by atoms with Gasteiger partial charge in [-0.05, 0) is 19.3 Å². The molecular weight excluding hydrogens is 240 g/mol. The molecule has 1 fully saturated rings. The highest BCUT2D eigenvalue weighted by Gasteiger charge is 2.23. The number of carbonyl (C=O) groups excluding carboxylic acids is 1. The van der Waals surface area contributed by atoms with Gasteiger partial charge in [-0.3, -0.25) is 9.48 Å². The highest BCUT2D eigenvalue weighted by atomic mass is 16.2. The third-order valence-electron chi connectivity index (χ3n) is 3.24. The smallest absolute Gasteiger partial charge is 0.241 e. The van der Waals surface area contributed by atoms with Gasteiger partial charge in [0.2, 0.25) is 5.91 Å². The number of hydrogen-bond acceptors (Lipinski definition) is 3. The monoisotopic (exact) mass is 264 g/mol. The highest BCUT2D eigenvalue weighted by Crippen LogP contribution is 2.18. The van der Waals surface area contributed by atoms with E-state index in [9.17, 15) is 4.79 Å². The second-order valence-corrected chi connectivity index (χ2v) is 5.26. The molecule has 5 nitrogen and oxygen atoms in total. The number of aromatic nitrogens is 2. The molecule has 2 N–H and O–H groups in total. The lowest BCUT2D eigenvalue weighted by molar-refractivity contribution is -0.122. The van der Waals surface area contributed by atoms with E-state index in [1.54, 1.807) is 10.9 Å². The molecule has 1 amide bonds. The molecule has 1 aliphatic rings. The number of carbonyl (C=O) groups is 1. The maximum atomic E-state index is 11.6. The molecule has 0 spiro atoms. The highest BCUT2D eigenvalue weighted by molar-refractivity contribution is 5.76. The van der Waals surface area contributed by atoms with Crippen LogP contribution in [0.25, 0.3) is 0 Å². The van der Waals surface area contributed by atoms with E-state index in [0.717, 1.165) is 25.1 Å². The van der Waals surface area contributed by atoms with Crippen LogP contribution in [0.5, 0.6) is 0 Å². The Hall–Kier alpha value is -1.52. The van der Waals surface area contributed by atoms with Crippen molar-refractivity contribution in [3.05, 3.63) is 12.4 Å². The topological polar surface area (TPSA) is 59.0 Å². The minimum absolute atomic E-state index is 0.0556. The van der Waals surface area contributed by atoms with Gasteiger partial charge in [-0.25, -0.2) is 0 Å². The van der Waals surface area contributed by atoms with Crippen molar-refractivity contribution in [2.75, 3.05) is 11.9 Å². The SMILES string of the molecule is CCCCCCNc1cnn(CC(=O)NC2CC2)c1. The van der Waals surface area contributed by atoms with E-state index in [0.29, 0.717) is 12.6 Å². The fourth-order valence-electron chi connectivity index (χ4n) is 1.97. The van der Waals surface area contributed by atoms with Gasteiger partial charge in [0.25, 0.3) is 0 Å². The largest absolute Gasteiger partial charge is 0.383 e. The molecule has 1 heterocycles. The number of anilines is 1. The lowest BCUT2D eigenvalue weighted by Crippen LogP contribution is -2.29. The van der Waals surface area contributed by atoms with Crippen molar-refractivity contribution in [1.82, 2.24) is 15.1 Å². The fourth-order valence-corrected chi connectivity index (χ4v) is 1.97. The molecule has 0 atom stereocenters. The second kappa shape index (κ2) is 7.16. The van der Waals surface area contributed by atoms with E-state index in [1.165, 1.54) is 25.7 Å². The molecule has 106 valence electrons. The van der Waals surface area contributed by atoms with Crippen LogP contribution in [0.15, 0.2) is 12.4 Å². The van der Waals surface area contributed by atoms with E-state index in [4.69, 9.17) is 0 Å². The molecule has 0 saturated heterocycles. The summed E-state index contributed by atoms with van der Waals surface area (Å²) in [5.74, 6) is 0.0556. The van der Waals surface area contributed by atoms with E-state index in [-0.39, 0.29) is 5.91 Å². The van der Waals surface area contributed by atoms with Gasteiger partial charge in [0.05, 0.1) is 11.9 Å². The Kier molecular flexibility index (Phi) is 5.24. The zero-order chi connectivity index (χ0) is 13.5. The molecule has 2 rings (SSSR count). The van der Waals surface area contributed by atoms with Gasteiger partial charge in [-0.1, -0.05) is 26.2 Å². The lowest BCUT2D eigenvalue weighted by Gasteiger charge is -2.03.